The molecule has 6 heteroatoms. The van der Waals surface area contributed by atoms with E-state index in [0.717, 1.165) is 16.9 Å². The van der Waals surface area contributed by atoms with Gasteiger partial charge in [-0.2, -0.15) is 5.26 Å². The van der Waals surface area contributed by atoms with Crippen LogP contribution in [0, 0.1) is 11.3 Å². The van der Waals surface area contributed by atoms with Crippen LogP contribution in [0.5, 0.6) is 0 Å². The predicted molar refractivity (Wildman–Crippen MR) is 80.3 cm³/mol. The van der Waals surface area contributed by atoms with Crippen LogP contribution >= 0.6 is 11.3 Å². The minimum absolute atomic E-state index is 0.315. The standard InChI is InChI=1S/C14H14N2O2S2/c1-2-13-7-8-14(19-13)20(17,18)16-12-5-3-11(4-6-12)9-10-15/h3-8,16H,2,9H2,1H3. The van der Waals surface area contributed by atoms with Gasteiger partial charge in [-0.25, -0.2) is 8.42 Å². The first-order valence-electron chi connectivity index (χ1n) is 6.12. The zero-order valence-corrected chi connectivity index (χ0v) is 12.6. The van der Waals surface area contributed by atoms with Crippen molar-refractivity contribution >= 4 is 27.0 Å². The molecule has 4 nitrogen and oxygen atoms in total. The van der Waals surface area contributed by atoms with Crippen LogP contribution in [0.15, 0.2) is 40.6 Å². The van der Waals surface area contributed by atoms with Crippen molar-refractivity contribution in [2.24, 2.45) is 0 Å². The Morgan fingerprint density at radius 1 is 1.20 bits per heavy atom. The second-order valence-electron chi connectivity index (χ2n) is 4.21. The molecule has 0 saturated heterocycles. The molecule has 1 aromatic carbocycles. The van der Waals surface area contributed by atoms with Crippen molar-refractivity contribution in [3.05, 3.63) is 46.8 Å². The molecule has 0 spiro atoms. The minimum atomic E-state index is -3.52. The third-order valence-electron chi connectivity index (χ3n) is 2.74. The quantitative estimate of drug-likeness (QED) is 0.922. The van der Waals surface area contributed by atoms with E-state index in [0.29, 0.717) is 16.3 Å². The molecular weight excluding hydrogens is 292 g/mol. The SMILES string of the molecule is CCc1ccc(S(=O)(=O)Nc2ccc(CC#N)cc2)s1. The number of sulfonamides is 1. The Hall–Kier alpha value is -1.84. The summed E-state index contributed by atoms with van der Waals surface area (Å²) in [5, 5.41) is 8.59. The van der Waals surface area contributed by atoms with E-state index in [1.165, 1.54) is 11.3 Å². The number of anilines is 1. The van der Waals surface area contributed by atoms with E-state index in [1.807, 2.05) is 19.1 Å². The average molecular weight is 306 g/mol. The van der Waals surface area contributed by atoms with Gasteiger partial charge in [-0.15, -0.1) is 11.3 Å². The number of nitriles is 1. The number of nitrogens with zero attached hydrogens (tertiary/aromatic N) is 1. The summed E-state index contributed by atoms with van der Waals surface area (Å²) in [6.07, 6.45) is 1.14. The summed E-state index contributed by atoms with van der Waals surface area (Å²) in [6, 6.07) is 12.3. The van der Waals surface area contributed by atoms with E-state index >= 15 is 0 Å². The highest BCUT2D eigenvalue weighted by Gasteiger charge is 2.16. The summed E-state index contributed by atoms with van der Waals surface area (Å²) in [5.74, 6) is 0. The molecule has 0 aliphatic rings. The van der Waals surface area contributed by atoms with Crippen LogP contribution in [0.4, 0.5) is 5.69 Å². The smallest absolute Gasteiger partial charge is 0.271 e. The van der Waals surface area contributed by atoms with Gasteiger partial charge < -0.3 is 0 Å². The largest absolute Gasteiger partial charge is 0.279 e. The summed E-state index contributed by atoms with van der Waals surface area (Å²) in [6.45, 7) is 1.99. The number of nitrogens with one attached hydrogen (secondary N) is 1. The fraction of sp³-hybridized carbons (Fsp3) is 0.214. The van der Waals surface area contributed by atoms with Crippen molar-refractivity contribution in [3.8, 4) is 6.07 Å². The lowest BCUT2D eigenvalue weighted by atomic mass is 10.1. The van der Waals surface area contributed by atoms with Crippen LogP contribution in [-0.2, 0) is 22.9 Å². The zero-order valence-electron chi connectivity index (χ0n) is 11.0. The summed E-state index contributed by atoms with van der Waals surface area (Å²) in [4.78, 5) is 1.04. The monoisotopic (exact) mass is 306 g/mol. The number of aryl methyl sites for hydroxylation is 1. The lowest BCUT2D eigenvalue weighted by Gasteiger charge is -2.06. The van der Waals surface area contributed by atoms with Crippen LogP contribution in [0.25, 0.3) is 0 Å². The van der Waals surface area contributed by atoms with Gasteiger partial charge in [-0.05, 0) is 36.2 Å². The Balaban J connectivity index is 2.17. The molecule has 0 aliphatic carbocycles. The Bertz CT molecular complexity index is 725. The molecule has 1 heterocycles. The van der Waals surface area contributed by atoms with Gasteiger partial charge in [0.25, 0.3) is 10.0 Å². The van der Waals surface area contributed by atoms with E-state index < -0.39 is 10.0 Å². The van der Waals surface area contributed by atoms with Crippen LogP contribution in [-0.4, -0.2) is 8.42 Å². The van der Waals surface area contributed by atoms with Gasteiger partial charge in [-0.3, -0.25) is 4.72 Å². The molecule has 0 bridgehead atoms. The van der Waals surface area contributed by atoms with Crippen molar-refractivity contribution in [3.63, 3.8) is 0 Å². The molecule has 1 N–H and O–H groups in total. The van der Waals surface area contributed by atoms with E-state index in [4.69, 9.17) is 5.26 Å². The Labute approximate surface area is 122 Å². The van der Waals surface area contributed by atoms with Crippen molar-refractivity contribution in [1.82, 2.24) is 0 Å². The Morgan fingerprint density at radius 3 is 2.45 bits per heavy atom. The summed E-state index contributed by atoms with van der Waals surface area (Å²) in [7, 11) is -3.52. The van der Waals surface area contributed by atoms with Gasteiger partial charge >= 0.3 is 0 Å². The topological polar surface area (TPSA) is 70.0 Å². The van der Waals surface area contributed by atoms with Crippen molar-refractivity contribution in [2.45, 2.75) is 24.0 Å². The van der Waals surface area contributed by atoms with E-state index in [2.05, 4.69) is 4.72 Å². The molecule has 0 saturated carbocycles. The fourth-order valence-corrected chi connectivity index (χ4v) is 4.03. The van der Waals surface area contributed by atoms with Crippen LogP contribution in [0.1, 0.15) is 17.4 Å². The number of thiophene rings is 1. The first-order chi connectivity index (χ1) is 9.55. The summed E-state index contributed by atoms with van der Waals surface area (Å²) < 4.78 is 27.2. The molecule has 2 rings (SSSR count). The lowest BCUT2D eigenvalue weighted by molar-refractivity contribution is 0.603. The summed E-state index contributed by atoms with van der Waals surface area (Å²) in [5.41, 5.74) is 1.36. The number of rotatable bonds is 5. The van der Waals surface area contributed by atoms with Gasteiger partial charge in [-0.1, -0.05) is 19.1 Å². The van der Waals surface area contributed by atoms with Crippen molar-refractivity contribution < 1.29 is 8.42 Å². The molecule has 2 aromatic rings. The van der Waals surface area contributed by atoms with Gasteiger partial charge in [0.1, 0.15) is 4.21 Å². The number of hydrogen-bond donors (Lipinski definition) is 1. The van der Waals surface area contributed by atoms with E-state index in [9.17, 15) is 8.42 Å². The lowest BCUT2D eigenvalue weighted by Crippen LogP contribution is -2.11. The molecule has 0 radical (unpaired) electrons. The summed E-state index contributed by atoms with van der Waals surface area (Å²) >= 11 is 1.28. The third kappa shape index (κ3) is 3.38. The second-order valence-corrected chi connectivity index (χ2v) is 7.29. The number of hydrogen-bond acceptors (Lipinski definition) is 4. The third-order valence-corrected chi connectivity index (χ3v) is 5.84. The number of benzene rings is 1. The first-order valence-corrected chi connectivity index (χ1v) is 8.42. The second kappa shape index (κ2) is 6.07. The maximum atomic E-state index is 12.2. The molecule has 1 aromatic heterocycles. The van der Waals surface area contributed by atoms with Gasteiger partial charge in [0.15, 0.2) is 0 Å². The highest BCUT2D eigenvalue weighted by molar-refractivity contribution is 7.94. The molecule has 104 valence electrons. The zero-order chi connectivity index (χ0) is 14.6. The fourth-order valence-electron chi connectivity index (χ4n) is 1.68. The van der Waals surface area contributed by atoms with Gasteiger partial charge in [0, 0.05) is 10.6 Å². The molecular formula is C14H14N2O2S2. The maximum Gasteiger partial charge on any atom is 0.271 e. The molecule has 0 atom stereocenters. The van der Waals surface area contributed by atoms with Crippen LogP contribution in [0.3, 0.4) is 0 Å². The van der Waals surface area contributed by atoms with E-state index in [1.54, 1.807) is 30.3 Å². The molecule has 0 aliphatic heterocycles. The molecule has 0 unspecified atom stereocenters. The Morgan fingerprint density at radius 2 is 1.90 bits per heavy atom. The predicted octanol–water partition coefficient (Wildman–Crippen LogP) is 3.18. The van der Waals surface area contributed by atoms with Gasteiger partial charge in [0.05, 0.1) is 12.5 Å². The van der Waals surface area contributed by atoms with Gasteiger partial charge in [0.2, 0.25) is 0 Å². The Kier molecular flexibility index (Phi) is 4.42. The van der Waals surface area contributed by atoms with Crippen molar-refractivity contribution in [2.75, 3.05) is 4.72 Å². The average Bonchev–Trinajstić information content (AvgIpc) is 2.91. The molecule has 20 heavy (non-hydrogen) atoms. The molecule has 0 fully saturated rings. The first kappa shape index (κ1) is 14.6. The van der Waals surface area contributed by atoms with Crippen LogP contribution < -0.4 is 4.72 Å². The highest BCUT2D eigenvalue weighted by atomic mass is 32.2. The molecule has 0 amide bonds. The van der Waals surface area contributed by atoms with Crippen molar-refractivity contribution in [1.29, 1.82) is 5.26 Å². The highest BCUT2D eigenvalue weighted by Crippen LogP contribution is 2.24. The normalized spacial score (nSPS) is 11.0. The van der Waals surface area contributed by atoms with Crippen LogP contribution in [0.2, 0.25) is 0 Å². The maximum absolute atomic E-state index is 12.2. The minimum Gasteiger partial charge on any atom is -0.279 e. The van der Waals surface area contributed by atoms with E-state index in [-0.39, 0.29) is 0 Å².